The molecule has 8 nitrogen and oxygen atoms in total. The van der Waals surface area contributed by atoms with E-state index in [9.17, 15) is 29.7 Å². The van der Waals surface area contributed by atoms with Crippen LogP contribution in [0, 0.1) is 0 Å². The molecular formula is C21H17ClO8. The number of phenols is 2. The number of hydrogen-bond acceptors (Lipinski definition) is 8. The molecule has 0 heterocycles. The van der Waals surface area contributed by atoms with E-state index in [1.807, 2.05) is 0 Å². The number of rotatable bonds is 3. The third kappa shape index (κ3) is 2.72. The van der Waals surface area contributed by atoms with Crippen LogP contribution in [0.2, 0.25) is 0 Å². The Bertz CT molecular complexity index is 1150. The summed E-state index contributed by atoms with van der Waals surface area (Å²) in [7, 11) is 1.34. The van der Waals surface area contributed by atoms with Gasteiger partial charge in [0.2, 0.25) is 5.78 Å². The van der Waals surface area contributed by atoms with Crippen molar-refractivity contribution in [3.63, 3.8) is 0 Å². The van der Waals surface area contributed by atoms with Crippen LogP contribution in [0.5, 0.6) is 17.2 Å². The van der Waals surface area contributed by atoms with Gasteiger partial charge in [0.05, 0.1) is 23.8 Å². The molecule has 0 amide bonds. The molecule has 0 saturated carbocycles. The van der Waals surface area contributed by atoms with Gasteiger partial charge in [-0.05, 0) is 12.1 Å². The maximum Gasteiger partial charge on any atom is 0.202 e. The average molecular weight is 433 g/mol. The van der Waals surface area contributed by atoms with Crippen molar-refractivity contribution in [3.05, 3.63) is 57.7 Å². The van der Waals surface area contributed by atoms with Crippen LogP contribution in [0.3, 0.4) is 0 Å². The van der Waals surface area contributed by atoms with Crippen molar-refractivity contribution in [3.8, 4) is 17.2 Å². The van der Waals surface area contributed by atoms with Gasteiger partial charge in [-0.15, -0.1) is 12.4 Å². The van der Waals surface area contributed by atoms with Gasteiger partial charge in [-0.3, -0.25) is 14.4 Å². The first-order valence-corrected chi connectivity index (χ1v) is 8.68. The monoisotopic (exact) mass is 432 g/mol. The minimum absolute atomic E-state index is 0. The number of carbonyl (C=O) groups excluding carboxylic acids is 3. The number of phenolic OH excluding ortho intramolecular Hbond substituents is 2. The van der Waals surface area contributed by atoms with E-state index in [4.69, 9.17) is 9.84 Å². The highest BCUT2D eigenvalue weighted by Gasteiger charge is 2.43. The van der Waals surface area contributed by atoms with Crippen LogP contribution < -0.4 is 4.74 Å². The summed E-state index contributed by atoms with van der Waals surface area (Å²) in [5.74, 6) is -3.29. The molecule has 2 aromatic carbocycles. The molecule has 0 bridgehead atoms. The predicted molar refractivity (Wildman–Crippen MR) is 107 cm³/mol. The first-order valence-electron chi connectivity index (χ1n) is 8.68. The van der Waals surface area contributed by atoms with Gasteiger partial charge in [-0.2, -0.15) is 0 Å². The van der Waals surface area contributed by atoms with E-state index in [1.54, 1.807) is 0 Å². The van der Waals surface area contributed by atoms with Crippen LogP contribution in [-0.2, 0) is 11.2 Å². The van der Waals surface area contributed by atoms with Gasteiger partial charge in [0.15, 0.2) is 11.6 Å². The van der Waals surface area contributed by atoms with Crippen molar-refractivity contribution in [1.29, 1.82) is 0 Å². The number of aromatic hydroxyl groups is 2. The number of hydrogen-bond donors (Lipinski definition) is 4. The largest absolute Gasteiger partial charge is 0.507 e. The van der Waals surface area contributed by atoms with Crippen LogP contribution >= 0.6 is 12.4 Å². The van der Waals surface area contributed by atoms with Crippen molar-refractivity contribution in [2.45, 2.75) is 12.0 Å². The second-order valence-corrected chi connectivity index (χ2v) is 6.90. The topological polar surface area (TPSA) is 141 Å². The van der Waals surface area contributed by atoms with Gasteiger partial charge < -0.3 is 25.2 Å². The van der Waals surface area contributed by atoms with E-state index in [-0.39, 0.29) is 46.0 Å². The Morgan fingerprint density at radius 2 is 1.77 bits per heavy atom. The quantitative estimate of drug-likeness (QED) is 0.452. The van der Waals surface area contributed by atoms with Crippen molar-refractivity contribution in [2.24, 2.45) is 0 Å². The molecule has 0 fully saturated rings. The number of methoxy groups -OCH3 is 1. The van der Waals surface area contributed by atoms with Crippen LogP contribution in [0.4, 0.5) is 0 Å². The number of ketones is 3. The lowest BCUT2D eigenvalue weighted by Gasteiger charge is -2.30. The van der Waals surface area contributed by atoms with Gasteiger partial charge >= 0.3 is 0 Å². The third-order valence-electron chi connectivity index (χ3n) is 5.36. The fourth-order valence-electron chi connectivity index (χ4n) is 3.86. The molecule has 2 aliphatic rings. The lowest BCUT2D eigenvalue weighted by Crippen LogP contribution is -2.42. The molecule has 9 heteroatoms. The number of ether oxygens (including phenoxy) is 1. The molecular weight excluding hydrogens is 416 g/mol. The van der Waals surface area contributed by atoms with Gasteiger partial charge in [0, 0.05) is 23.1 Å². The Labute approximate surface area is 176 Å². The summed E-state index contributed by atoms with van der Waals surface area (Å²) in [6.45, 7) is -0.932. The molecule has 0 spiro atoms. The van der Waals surface area contributed by atoms with Crippen molar-refractivity contribution < 1.29 is 39.5 Å². The number of carbonyl (C=O) groups is 3. The molecule has 0 aliphatic heterocycles. The number of aliphatic hydroxyl groups is 2. The van der Waals surface area contributed by atoms with E-state index in [1.165, 1.54) is 31.4 Å². The first-order chi connectivity index (χ1) is 13.7. The zero-order valence-corrected chi connectivity index (χ0v) is 16.4. The highest BCUT2D eigenvalue weighted by Crippen LogP contribution is 2.47. The third-order valence-corrected chi connectivity index (χ3v) is 5.36. The Morgan fingerprint density at radius 1 is 1.10 bits per heavy atom. The Hall–Kier alpha value is -3.20. The summed E-state index contributed by atoms with van der Waals surface area (Å²) in [4.78, 5) is 38.1. The predicted octanol–water partition coefficient (Wildman–Crippen LogP) is 1.17. The average Bonchev–Trinajstić information content (AvgIpc) is 2.73. The van der Waals surface area contributed by atoms with E-state index >= 15 is 0 Å². The summed E-state index contributed by atoms with van der Waals surface area (Å²) < 4.78 is 5.17. The zero-order chi connectivity index (χ0) is 21.1. The van der Waals surface area contributed by atoms with Gasteiger partial charge in [-0.25, -0.2) is 0 Å². The summed E-state index contributed by atoms with van der Waals surface area (Å²) in [5.41, 5.74) is -2.95. The molecule has 1 atom stereocenters. The smallest absolute Gasteiger partial charge is 0.202 e. The van der Waals surface area contributed by atoms with Crippen LogP contribution in [0.15, 0.2) is 24.3 Å². The molecule has 4 N–H and O–H groups in total. The minimum atomic E-state index is -2.11. The second kappa shape index (κ2) is 7.24. The molecule has 156 valence electrons. The lowest BCUT2D eigenvalue weighted by atomic mass is 9.76. The fraction of sp³-hybridized carbons (Fsp3) is 0.190. The van der Waals surface area contributed by atoms with Crippen LogP contribution in [0.1, 0.15) is 43.0 Å². The van der Waals surface area contributed by atoms with E-state index < -0.39 is 53.0 Å². The van der Waals surface area contributed by atoms with Crippen LogP contribution in [0.25, 0.3) is 6.08 Å². The first kappa shape index (κ1) is 21.5. The molecule has 0 saturated heterocycles. The number of Topliss-reactive ketones (excluding diaryl/α,β-unsaturated/α-hetero) is 1. The summed E-state index contributed by atoms with van der Waals surface area (Å²) in [6.07, 6.45) is 1.78. The highest BCUT2D eigenvalue weighted by atomic mass is 35.5. The van der Waals surface area contributed by atoms with Gasteiger partial charge in [0.25, 0.3) is 0 Å². The number of halogens is 1. The van der Waals surface area contributed by atoms with Gasteiger partial charge in [-0.1, -0.05) is 18.2 Å². The summed E-state index contributed by atoms with van der Waals surface area (Å²) in [6, 6.07) is 4.43. The number of benzene rings is 2. The lowest BCUT2D eigenvalue weighted by molar-refractivity contribution is -0.135. The van der Waals surface area contributed by atoms with E-state index in [0.717, 1.165) is 6.08 Å². The van der Waals surface area contributed by atoms with Crippen molar-refractivity contribution in [2.75, 3.05) is 13.7 Å². The van der Waals surface area contributed by atoms with Crippen molar-refractivity contribution >= 4 is 35.8 Å². The SMILES string of the molecule is COc1cccc2c1C(=O)c1c(O)c3c(c(O)c1C2=O)CC(O)(C(=O)CO)C=C3.Cl. The summed E-state index contributed by atoms with van der Waals surface area (Å²) >= 11 is 0. The maximum atomic E-state index is 13.1. The maximum absolute atomic E-state index is 13.1. The Morgan fingerprint density at radius 3 is 2.40 bits per heavy atom. The molecule has 1 unspecified atom stereocenters. The minimum Gasteiger partial charge on any atom is -0.507 e. The standard InChI is InChI=1S/C21H16O8.ClH/c1-29-12-4-2-3-10-14(12)20(27)16-15(18(10)25)19(26)11-7-21(28,13(23)8-22)6-5-9(11)17(16)24;/h2-6,22,24,26,28H,7-8H2,1H3;1H. The van der Waals surface area contributed by atoms with Crippen molar-refractivity contribution in [1.82, 2.24) is 0 Å². The van der Waals surface area contributed by atoms with E-state index in [0.29, 0.717) is 0 Å². The number of aliphatic hydroxyl groups excluding tert-OH is 1. The molecule has 0 radical (unpaired) electrons. The molecule has 2 aliphatic carbocycles. The molecule has 0 aromatic heterocycles. The Kier molecular flexibility index (Phi) is 5.19. The second-order valence-electron chi connectivity index (χ2n) is 6.90. The van der Waals surface area contributed by atoms with Gasteiger partial charge in [0.1, 0.15) is 29.5 Å². The zero-order valence-electron chi connectivity index (χ0n) is 15.6. The summed E-state index contributed by atoms with van der Waals surface area (Å²) in [5, 5.41) is 41.1. The van der Waals surface area contributed by atoms with Crippen LogP contribution in [-0.4, -0.2) is 57.1 Å². The molecule has 30 heavy (non-hydrogen) atoms. The Balaban J connectivity index is 0.00000256. The number of fused-ring (bicyclic) bond motifs is 3. The fourth-order valence-corrected chi connectivity index (χ4v) is 3.86. The highest BCUT2D eigenvalue weighted by molar-refractivity contribution is 6.31. The molecule has 4 rings (SSSR count). The van der Waals surface area contributed by atoms with E-state index in [2.05, 4.69) is 0 Å². The normalized spacial score (nSPS) is 18.8. The molecule has 2 aromatic rings.